The van der Waals surface area contributed by atoms with Crippen molar-refractivity contribution in [1.82, 2.24) is 25.0 Å². The molecule has 0 atom stereocenters. The molecule has 1 saturated heterocycles. The van der Waals surface area contributed by atoms with E-state index in [1.165, 1.54) is 11.8 Å². The molecule has 0 unspecified atom stereocenters. The lowest BCUT2D eigenvalue weighted by Gasteiger charge is -2.34. The first kappa shape index (κ1) is 19.5. The van der Waals surface area contributed by atoms with E-state index in [-0.39, 0.29) is 17.7 Å². The second-order valence-electron chi connectivity index (χ2n) is 6.40. The number of hydrogen-bond acceptors (Lipinski definition) is 6. The Balaban J connectivity index is 1.22. The maximum absolute atomic E-state index is 12.5. The van der Waals surface area contributed by atoms with Gasteiger partial charge in [0, 0.05) is 31.9 Å². The molecule has 29 heavy (non-hydrogen) atoms. The number of carbonyl (C=O) groups is 2. The predicted molar refractivity (Wildman–Crippen MR) is 114 cm³/mol. The monoisotopic (exact) mass is 428 g/mol. The number of nitrogens with one attached hydrogen (secondary N) is 2. The first-order valence-corrected chi connectivity index (χ1v) is 11.0. The molecule has 1 fully saturated rings. The number of thioether (sulfide) groups is 1. The molecule has 10 heteroatoms. The summed E-state index contributed by atoms with van der Waals surface area (Å²) >= 11 is 2.90. The average molecular weight is 429 g/mol. The minimum Gasteiger partial charge on any atom is -0.338 e. The Morgan fingerprint density at radius 2 is 1.83 bits per heavy atom. The number of amides is 3. The summed E-state index contributed by atoms with van der Waals surface area (Å²) in [6.45, 7) is 2.07. The highest BCUT2D eigenvalue weighted by Crippen LogP contribution is 2.23. The van der Waals surface area contributed by atoms with E-state index in [2.05, 4.69) is 20.5 Å². The molecule has 3 amide bonds. The zero-order valence-electron chi connectivity index (χ0n) is 15.6. The molecule has 2 N–H and O–H groups in total. The predicted octanol–water partition coefficient (Wildman–Crippen LogP) is 3.00. The van der Waals surface area contributed by atoms with Crippen molar-refractivity contribution >= 4 is 40.7 Å². The van der Waals surface area contributed by atoms with Crippen molar-refractivity contribution in [2.24, 2.45) is 0 Å². The third-order valence-corrected chi connectivity index (χ3v) is 6.20. The Hall–Kier alpha value is -2.85. The molecule has 4 rings (SSSR count). The van der Waals surface area contributed by atoms with E-state index >= 15 is 0 Å². The Bertz CT molecular complexity index is 952. The van der Waals surface area contributed by atoms with Gasteiger partial charge in [-0.3, -0.25) is 9.89 Å². The summed E-state index contributed by atoms with van der Waals surface area (Å²) in [5.41, 5.74) is 0.765. The summed E-state index contributed by atoms with van der Waals surface area (Å²) in [6, 6.07) is 13.1. The molecule has 0 bridgehead atoms. The number of nitrogens with zero attached hydrogens (tertiary/aromatic N) is 4. The van der Waals surface area contributed by atoms with E-state index in [0.717, 1.165) is 10.6 Å². The van der Waals surface area contributed by atoms with Gasteiger partial charge in [0.15, 0.2) is 5.82 Å². The summed E-state index contributed by atoms with van der Waals surface area (Å²) in [7, 11) is 0. The van der Waals surface area contributed by atoms with Crippen molar-refractivity contribution in [1.29, 1.82) is 0 Å². The molecule has 3 aromatic rings. The van der Waals surface area contributed by atoms with Gasteiger partial charge in [-0.15, -0.1) is 16.4 Å². The highest BCUT2D eigenvalue weighted by molar-refractivity contribution is 7.99. The fraction of sp³-hybridized carbons (Fsp3) is 0.263. The van der Waals surface area contributed by atoms with Crippen LogP contribution in [-0.4, -0.2) is 68.9 Å². The van der Waals surface area contributed by atoms with E-state index in [9.17, 15) is 9.59 Å². The molecular formula is C19H20N6O2S2. The lowest BCUT2D eigenvalue weighted by Crippen LogP contribution is -2.52. The number of carbonyl (C=O) groups excluding carboxylic acids is 2. The molecule has 1 aliphatic rings. The molecular weight excluding hydrogens is 408 g/mol. The molecule has 3 heterocycles. The fourth-order valence-electron chi connectivity index (χ4n) is 2.93. The van der Waals surface area contributed by atoms with E-state index in [0.29, 0.717) is 37.2 Å². The third-order valence-electron chi connectivity index (χ3n) is 4.49. The highest BCUT2D eigenvalue weighted by Gasteiger charge is 2.24. The van der Waals surface area contributed by atoms with Gasteiger partial charge in [-0.25, -0.2) is 9.78 Å². The number of rotatable bonds is 5. The van der Waals surface area contributed by atoms with Crippen molar-refractivity contribution in [3.05, 3.63) is 47.8 Å². The van der Waals surface area contributed by atoms with Crippen molar-refractivity contribution in [2.75, 3.05) is 37.2 Å². The molecule has 8 nitrogen and oxygen atoms in total. The smallest absolute Gasteiger partial charge is 0.321 e. The summed E-state index contributed by atoms with van der Waals surface area (Å²) in [4.78, 5) is 33.8. The van der Waals surface area contributed by atoms with E-state index in [4.69, 9.17) is 0 Å². The number of anilines is 1. The van der Waals surface area contributed by atoms with E-state index in [1.807, 2.05) is 47.8 Å². The number of para-hydroxylation sites is 1. The largest absolute Gasteiger partial charge is 0.338 e. The van der Waals surface area contributed by atoms with Crippen molar-refractivity contribution in [2.45, 2.75) is 5.16 Å². The first-order valence-electron chi connectivity index (χ1n) is 9.17. The van der Waals surface area contributed by atoms with Crippen LogP contribution < -0.4 is 5.32 Å². The quantitative estimate of drug-likeness (QED) is 0.609. The molecule has 0 spiro atoms. The van der Waals surface area contributed by atoms with E-state index < -0.39 is 0 Å². The zero-order chi connectivity index (χ0) is 20.1. The van der Waals surface area contributed by atoms with Gasteiger partial charge in [-0.05, 0) is 23.6 Å². The fourth-order valence-corrected chi connectivity index (χ4v) is 4.30. The van der Waals surface area contributed by atoms with Crippen LogP contribution in [0.4, 0.5) is 10.5 Å². The van der Waals surface area contributed by atoms with Crippen LogP contribution in [0.15, 0.2) is 53.0 Å². The lowest BCUT2D eigenvalue weighted by molar-refractivity contribution is -0.129. The number of benzene rings is 1. The van der Waals surface area contributed by atoms with Gasteiger partial charge < -0.3 is 15.1 Å². The topological polar surface area (TPSA) is 94.2 Å². The van der Waals surface area contributed by atoms with Gasteiger partial charge in [0.05, 0.1) is 10.6 Å². The van der Waals surface area contributed by atoms with Crippen molar-refractivity contribution in [3.63, 3.8) is 0 Å². The first-order chi connectivity index (χ1) is 14.2. The Morgan fingerprint density at radius 3 is 2.55 bits per heavy atom. The Labute approximate surface area is 176 Å². The maximum atomic E-state index is 12.5. The van der Waals surface area contributed by atoms with Crippen LogP contribution >= 0.6 is 23.1 Å². The summed E-state index contributed by atoms with van der Waals surface area (Å²) in [5, 5.41) is 12.5. The standard InChI is InChI=1S/C19H20N6O2S2/c26-16(13-29-18-21-17(22-23-18)15-7-4-12-28-15)24-8-10-25(11-9-24)19(27)20-14-5-2-1-3-6-14/h1-7,12H,8-11,13H2,(H,20,27)(H,21,22,23). The van der Waals surface area contributed by atoms with Gasteiger partial charge in [-0.1, -0.05) is 36.0 Å². The summed E-state index contributed by atoms with van der Waals surface area (Å²) in [5.74, 6) is 1.02. The van der Waals surface area contributed by atoms with Crippen LogP contribution in [0.2, 0.25) is 0 Å². The van der Waals surface area contributed by atoms with Gasteiger partial charge in [-0.2, -0.15) is 0 Å². The average Bonchev–Trinajstić information content (AvgIpc) is 3.45. The Kier molecular flexibility index (Phi) is 6.11. The molecule has 2 aromatic heterocycles. The van der Waals surface area contributed by atoms with Gasteiger partial charge >= 0.3 is 6.03 Å². The van der Waals surface area contributed by atoms with Crippen LogP contribution in [-0.2, 0) is 4.79 Å². The third kappa shape index (κ3) is 4.96. The van der Waals surface area contributed by atoms with Crippen LogP contribution in [0.5, 0.6) is 0 Å². The van der Waals surface area contributed by atoms with Gasteiger partial charge in [0.1, 0.15) is 0 Å². The normalized spacial score (nSPS) is 14.1. The van der Waals surface area contributed by atoms with Crippen molar-refractivity contribution < 1.29 is 9.59 Å². The summed E-state index contributed by atoms with van der Waals surface area (Å²) in [6.07, 6.45) is 0. The zero-order valence-corrected chi connectivity index (χ0v) is 17.2. The number of urea groups is 1. The van der Waals surface area contributed by atoms with Gasteiger partial charge in [0.25, 0.3) is 0 Å². The maximum Gasteiger partial charge on any atom is 0.321 e. The minimum absolute atomic E-state index is 0.0283. The summed E-state index contributed by atoms with van der Waals surface area (Å²) < 4.78 is 0. The lowest BCUT2D eigenvalue weighted by atomic mass is 10.3. The number of thiophene rings is 1. The minimum atomic E-state index is -0.139. The number of aromatic amines is 1. The van der Waals surface area contributed by atoms with Crippen LogP contribution in [0.1, 0.15) is 0 Å². The number of aromatic nitrogens is 3. The molecule has 0 radical (unpaired) electrons. The Morgan fingerprint density at radius 1 is 1.07 bits per heavy atom. The van der Waals surface area contributed by atoms with Gasteiger partial charge in [0.2, 0.25) is 11.1 Å². The SMILES string of the molecule is O=C(CSc1n[nH]c(-c2cccs2)n1)N1CCN(C(=O)Nc2ccccc2)CC1. The van der Waals surface area contributed by atoms with Crippen molar-refractivity contribution in [3.8, 4) is 10.7 Å². The molecule has 0 aliphatic carbocycles. The molecule has 1 aliphatic heterocycles. The second-order valence-corrected chi connectivity index (χ2v) is 8.29. The second kappa shape index (κ2) is 9.10. The van der Waals surface area contributed by atoms with Crippen LogP contribution in [0.25, 0.3) is 10.7 Å². The number of hydrogen-bond donors (Lipinski definition) is 2. The molecule has 150 valence electrons. The van der Waals surface area contributed by atoms with Crippen LogP contribution in [0, 0.1) is 0 Å². The number of piperazine rings is 1. The molecule has 1 aromatic carbocycles. The van der Waals surface area contributed by atoms with E-state index in [1.54, 1.807) is 21.1 Å². The molecule has 0 saturated carbocycles. The number of H-pyrrole nitrogens is 1. The highest BCUT2D eigenvalue weighted by atomic mass is 32.2. The van der Waals surface area contributed by atoms with Crippen LogP contribution in [0.3, 0.4) is 0 Å².